The molecule has 0 saturated carbocycles. The molecule has 0 spiro atoms. The number of hydrogen-bond donors (Lipinski definition) is 1. The Morgan fingerprint density at radius 2 is 1.90 bits per heavy atom. The lowest BCUT2D eigenvalue weighted by molar-refractivity contribution is 0.415. The van der Waals surface area contributed by atoms with Crippen LogP contribution in [0, 0.1) is 0 Å². The second-order valence-corrected chi connectivity index (χ2v) is 5.56. The van der Waals surface area contributed by atoms with Crippen molar-refractivity contribution in [1.82, 2.24) is 0 Å². The van der Waals surface area contributed by atoms with E-state index in [2.05, 4.69) is 15.9 Å². The molecule has 0 unspecified atom stereocenters. The molecule has 0 aliphatic carbocycles. The maximum Gasteiger partial charge on any atom is 0.142 e. The van der Waals surface area contributed by atoms with Gasteiger partial charge in [-0.25, -0.2) is 0 Å². The lowest BCUT2D eigenvalue weighted by Crippen LogP contribution is -2.13. The van der Waals surface area contributed by atoms with Gasteiger partial charge in [0, 0.05) is 17.1 Å². The molecule has 3 nitrogen and oxygen atoms in total. The smallest absolute Gasteiger partial charge is 0.142 e. The van der Waals surface area contributed by atoms with E-state index in [1.165, 1.54) is 0 Å². The molecule has 0 amide bonds. The first kappa shape index (κ1) is 14.8. The standard InChI is InChI=1S/C15H15BrN2OS/c1-18(13-5-3-4-6-14(13)19-2)12-8-7-10(15(17)20)9-11(12)16/h3-9H,1-2H3,(H2,17,20). The minimum atomic E-state index is 0.386. The largest absolute Gasteiger partial charge is 0.495 e. The Bertz CT molecular complexity index is 646. The predicted octanol–water partition coefficient (Wildman–Crippen LogP) is 3.86. The number of nitrogens with zero attached hydrogens (tertiary/aromatic N) is 1. The van der Waals surface area contributed by atoms with Crippen molar-refractivity contribution in [2.75, 3.05) is 19.1 Å². The fraction of sp³-hybridized carbons (Fsp3) is 0.133. The molecular weight excluding hydrogens is 336 g/mol. The van der Waals surface area contributed by atoms with Crippen molar-refractivity contribution in [3.05, 3.63) is 52.5 Å². The van der Waals surface area contributed by atoms with Gasteiger partial charge in [0.15, 0.2) is 0 Å². The number of hydrogen-bond acceptors (Lipinski definition) is 3. The van der Waals surface area contributed by atoms with Crippen LogP contribution in [-0.2, 0) is 0 Å². The highest BCUT2D eigenvalue weighted by molar-refractivity contribution is 9.10. The number of methoxy groups -OCH3 is 1. The molecule has 0 aliphatic rings. The van der Waals surface area contributed by atoms with Crippen LogP contribution in [0.3, 0.4) is 0 Å². The number of benzene rings is 2. The van der Waals surface area contributed by atoms with Crippen molar-refractivity contribution >= 4 is 44.5 Å². The van der Waals surface area contributed by atoms with Crippen LogP contribution in [0.4, 0.5) is 11.4 Å². The Kier molecular flexibility index (Phi) is 4.62. The maximum absolute atomic E-state index is 5.64. The first-order chi connectivity index (χ1) is 9.54. The summed E-state index contributed by atoms with van der Waals surface area (Å²) in [5.74, 6) is 0.820. The molecule has 5 heteroatoms. The molecule has 20 heavy (non-hydrogen) atoms. The number of nitrogens with two attached hydrogens (primary N) is 1. The zero-order chi connectivity index (χ0) is 14.7. The molecule has 0 atom stereocenters. The van der Waals surface area contributed by atoms with E-state index in [-0.39, 0.29) is 0 Å². The quantitative estimate of drug-likeness (QED) is 0.849. The Morgan fingerprint density at radius 3 is 2.50 bits per heavy atom. The number of halogens is 1. The van der Waals surface area contributed by atoms with Crippen LogP contribution in [0.5, 0.6) is 5.75 Å². The SMILES string of the molecule is COc1ccccc1N(C)c1ccc(C(N)=S)cc1Br. The zero-order valence-corrected chi connectivity index (χ0v) is 13.7. The Morgan fingerprint density at radius 1 is 1.20 bits per heavy atom. The molecule has 0 aromatic heterocycles. The Balaban J connectivity index is 2.43. The number of ether oxygens (including phenoxy) is 1. The van der Waals surface area contributed by atoms with Crippen molar-refractivity contribution in [2.45, 2.75) is 0 Å². The molecule has 2 aromatic rings. The average molecular weight is 351 g/mol. The summed E-state index contributed by atoms with van der Waals surface area (Å²) in [5.41, 5.74) is 8.47. The van der Waals surface area contributed by atoms with Crippen LogP contribution in [0.1, 0.15) is 5.56 Å². The first-order valence-electron chi connectivity index (χ1n) is 6.00. The summed E-state index contributed by atoms with van der Waals surface area (Å²) in [6.07, 6.45) is 0. The van der Waals surface area contributed by atoms with E-state index in [4.69, 9.17) is 22.7 Å². The summed E-state index contributed by atoms with van der Waals surface area (Å²) in [5, 5.41) is 0. The number of thiocarbonyl (C=S) groups is 1. The summed E-state index contributed by atoms with van der Waals surface area (Å²) < 4.78 is 6.32. The Labute approximate surface area is 132 Å². The lowest BCUT2D eigenvalue weighted by atomic mass is 10.2. The fourth-order valence-corrected chi connectivity index (χ4v) is 2.74. The van der Waals surface area contributed by atoms with E-state index in [0.29, 0.717) is 4.99 Å². The van der Waals surface area contributed by atoms with Crippen LogP contribution in [0.15, 0.2) is 46.9 Å². The van der Waals surface area contributed by atoms with E-state index in [1.807, 2.05) is 54.4 Å². The number of anilines is 2. The van der Waals surface area contributed by atoms with Gasteiger partial charge >= 0.3 is 0 Å². The molecule has 2 rings (SSSR count). The zero-order valence-electron chi connectivity index (χ0n) is 11.3. The Hall–Kier alpha value is -1.59. The molecule has 104 valence electrons. The van der Waals surface area contributed by atoms with Crippen LogP contribution in [-0.4, -0.2) is 19.1 Å². The highest BCUT2D eigenvalue weighted by Gasteiger charge is 2.12. The topological polar surface area (TPSA) is 38.5 Å². The normalized spacial score (nSPS) is 10.2. The van der Waals surface area contributed by atoms with Crippen molar-refractivity contribution in [2.24, 2.45) is 5.73 Å². The second-order valence-electron chi connectivity index (χ2n) is 4.26. The van der Waals surface area contributed by atoms with E-state index in [9.17, 15) is 0 Å². The summed E-state index contributed by atoms with van der Waals surface area (Å²) in [7, 11) is 3.65. The molecule has 0 fully saturated rings. The molecule has 0 bridgehead atoms. The van der Waals surface area contributed by atoms with Gasteiger partial charge in [-0.2, -0.15) is 0 Å². The molecule has 0 saturated heterocycles. The summed E-state index contributed by atoms with van der Waals surface area (Å²) in [6.45, 7) is 0. The van der Waals surface area contributed by atoms with Gasteiger partial charge in [0.2, 0.25) is 0 Å². The second kappa shape index (κ2) is 6.24. The van der Waals surface area contributed by atoms with Crippen molar-refractivity contribution in [3.63, 3.8) is 0 Å². The van der Waals surface area contributed by atoms with Crippen LogP contribution in [0.25, 0.3) is 0 Å². The molecular formula is C15H15BrN2OS. The third-order valence-electron chi connectivity index (χ3n) is 3.04. The lowest BCUT2D eigenvalue weighted by Gasteiger charge is -2.23. The maximum atomic E-state index is 5.64. The van der Waals surface area contributed by atoms with E-state index < -0.39 is 0 Å². The van der Waals surface area contributed by atoms with Gasteiger partial charge in [-0.1, -0.05) is 24.4 Å². The number of para-hydroxylation sites is 2. The van der Waals surface area contributed by atoms with E-state index in [1.54, 1.807) is 7.11 Å². The van der Waals surface area contributed by atoms with Crippen molar-refractivity contribution < 1.29 is 4.74 Å². The van der Waals surface area contributed by atoms with Gasteiger partial charge in [0.25, 0.3) is 0 Å². The highest BCUT2D eigenvalue weighted by Crippen LogP contribution is 2.36. The highest BCUT2D eigenvalue weighted by atomic mass is 79.9. The van der Waals surface area contributed by atoms with Crippen molar-refractivity contribution in [3.8, 4) is 5.75 Å². The summed E-state index contributed by atoms with van der Waals surface area (Å²) >= 11 is 8.55. The monoisotopic (exact) mass is 350 g/mol. The third-order valence-corrected chi connectivity index (χ3v) is 3.91. The minimum Gasteiger partial charge on any atom is -0.495 e. The van der Waals surface area contributed by atoms with Gasteiger partial charge in [-0.3, -0.25) is 0 Å². The van der Waals surface area contributed by atoms with Crippen LogP contribution in [0.2, 0.25) is 0 Å². The van der Waals surface area contributed by atoms with Gasteiger partial charge in [0.05, 0.1) is 18.5 Å². The van der Waals surface area contributed by atoms with Gasteiger partial charge in [0.1, 0.15) is 10.7 Å². The minimum absolute atomic E-state index is 0.386. The summed E-state index contributed by atoms with van der Waals surface area (Å²) in [6, 6.07) is 13.7. The molecule has 2 aromatic carbocycles. The number of rotatable bonds is 4. The van der Waals surface area contributed by atoms with E-state index >= 15 is 0 Å². The van der Waals surface area contributed by atoms with Crippen LogP contribution < -0.4 is 15.4 Å². The van der Waals surface area contributed by atoms with E-state index in [0.717, 1.165) is 27.2 Å². The van der Waals surface area contributed by atoms with Gasteiger partial charge in [-0.15, -0.1) is 0 Å². The third kappa shape index (κ3) is 2.94. The predicted molar refractivity (Wildman–Crippen MR) is 91.1 cm³/mol. The fourth-order valence-electron chi connectivity index (χ4n) is 1.97. The van der Waals surface area contributed by atoms with Crippen LogP contribution >= 0.6 is 28.1 Å². The summed E-state index contributed by atoms with van der Waals surface area (Å²) in [4.78, 5) is 2.43. The van der Waals surface area contributed by atoms with Gasteiger partial charge in [-0.05, 0) is 46.3 Å². The first-order valence-corrected chi connectivity index (χ1v) is 7.21. The molecule has 2 N–H and O–H groups in total. The molecule has 0 heterocycles. The molecule has 0 aliphatic heterocycles. The van der Waals surface area contributed by atoms with Crippen molar-refractivity contribution in [1.29, 1.82) is 0 Å². The average Bonchev–Trinajstić information content (AvgIpc) is 2.46. The van der Waals surface area contributed by atoms with Gasteiger partial charge < -0.3 is 15.4 Å². The molecule has 0 radical (unpaired) electrons.